The number of hydrogen-bond acceptors (Lipinski definition) is 2. The highest BCUT2D eigenvalue weighted by Gasteiger charge is 2.36. The Morgan fingerprint density at radius 1 is 0.569 bits per heavy atom. The van der Waals surface area contributed by atoms with E-state index in [1.165, 1.54) is 32.6 Å². The van der Waals surface area contributed by atoms with Gasteiger partial charge < -0.3 is 0 Å². The van der Waals surface area contributed by atoms with Crippen molar-refractivity contribution in [3.05, 3.63) is 132 Å². The Labute approximate surface area is 313 Å². The molecule has 0 aliphatic heterocycles. The first-order valence-corrected chi connectivity index (χ1v) is 25.1. The molecular formula is C47H52N2Si2. The van der Waals surface area contributed by atoms with E-state index < -0.39 is 16.1 Å². The molecule has 7 rings (SSSR count). The predicted octanol–water partition coefficient (Wildman–Crippen LogP) is 11.8. The van der Waals surface area contributed by atoms with Crippen molar-refractivity contribution < 1.29 is 5.48 Å². The minimum Gasteiger partial charge on any atom is -0.228 e. The zero-order valence-corrected chi connectivity index (χ0v) is 34.1. The maximum absolute atomic E-state index is 9.75. The molecule has 258 valence electrons. The van der Waals surface area contributed by atoms with Gasteiger partial charge in [-0.25, -0.2) is 9.97 Å². The minimum absolute atomic E-state index is 0.0224. The summed E-state index contributed by atoms with van der Waals surface area (Å²) in [6.45, 7) is 25.1. The van der Waals surface area contributed by atoms with E-state index >= 15 is 0 Å². The van der Waals surface area contributed by atoms with Gasteiger partial charge in [-0.1, -0.05) is 181 Å². The summed E-state index contributed by atoms with van der Waals surface area (Å²) in [4.78, 5) is 10.2. The second-order valence-corrected chi connectivity index (χ2v) is 27.9. The maximum Gasteiger partial charge on any atom is 0.160 e. The molecule has 0 unspecified atom stereocenters. The van der Waals surface area contributed by atoms with E-state index in [0.717, 1.165) is 16.7 Å². The Kier molecular flexibility index (Phi) is 7.35. The molecule has 0 spiro atoms. The van der Waals surface area contributed by atoms with Crippen molar-refractivity contribution in [2.45, 2.75) is 84.7 Å². The molecule has 0 saturated heterocycles. The highest BCUT2D eigenvalue weighted by Crippen LogP contribution is 2.50. The lowest BCUT2D eigenvalue weighted by Crippen LogP contribution is -2.37. The van der Waals surface area contributed by atoms with Gasteiger partial charge in [-0.05, 0) is 62.5 Å². The molecule has 0 bridgehead atoms. The van der Waals surface area contributed by atoms with E-state index in [2.05, 4.69) is 147 Å². The molecule has 1 aromatic heterocycles. The molecule has 1 aliphatic rings. The second-order valence-electron chi connectivity index (χ2n) is 17.8. The van der Waals surface area contributed by atoms with Crippen molar-refractivity contribution >= 4 is 26.5 Å². The van der Waals surface area contributed by atoms with Crippen LogP contribution < -0.4 is 10.4 Å². The first-order valence-electron chi connectivity index (χ1n) is 20.1. The van der Waals surface area contributed by atoms with E-state index in [9.17, 15) is 4.11 Å². The van der Waals surface area contributed by atoms with Crippen LogP contribution in [-0.2, 0) is 10.8 Å². The van der Waals surface area contributed by atoms with Crippen LogP contribution in [0.3, 0.4) is 0 Å². The zero-order valence-electron chi connectivity index (χ0n) is 36.1. The maximum atomic E-state index is 9.75. The molecule has 0 N–H and O–H groups in total. The Balaban J connectivity index is 1.47. The van der Waals surface area contributed by atoms with Crippen LogP contribution in [0.5, 0.6) is 0 Å². The Morgan fingerprint density at radius 2 is 1.12 bits per heavy atom. The molecule has 0 radical (unpaired) electrons. The van der Waals surface area contributed by atoms with Crippen LogP contribution in [0.15, 0.2) is 115 Å². The van der Waals surface area contributed by atoms with Gasteiger partial charge in [0.05, 0.1) is 33.0 Å². The second kappa shape index (κ2) is 12.4. The lowest BCUT2D eigenvalue weighted by Gasteiger charge is -2.23. The lowest BCUT2D eigenvalue weighted by atomic mass is 9.80. The molecule has 4 heteroatoms. The third-order valence-corrected chi connectivity index (χ3v) is 14.5. The molecule has 5 aromatic carbocycles. The summed E-state index contributed by atoms with van der Waals surface area (Å²) in [7, 11) is -3.32. The molecule has 6 aromatic rings. The fourth-order valence-corrected chi connectivity index (χ4v) is 9.50. The summed E-state index contributed by atoms with van der Waals surface area (Å²) >= 11 is 0. The molecule has 1 aliphatic carbocycles. The van der Waals surface area contributed by atoms with Crippen molar-refractivity contribution in [2.24, 2.45) is 0 Å². The lowest BCUT2D eigenvalue weighted by molar-refractivity contribution is 0.589. The third kappa shape index (κ3) is 6.72. The van der Waals surface area contributed by atoms with Crippen LogP contribution in [-0.4, -0.2) is 26.1 Å². The van der Waals surface area contributed by atoms with Crippen molar-refractivity contribution in [3.8, 4) is 56.2 Å². The van der Waals surface area contributed by atoms with Crippen LogP contribution in [0.2, 0.25) is 39.3 Å². The number of aromatic nitrogens is 2. The van der Waals surface area contributed by atoms with E-state index in [0.29, 0.717) is 28.3 Å². The highest BCUT2D eigenvalue weighted by atomic mass is 28.3. The molecule has 0 atom stereocenters. The van der Waals surface area contributed by atoms with Crippen LogP contribution in [0.4, 0.5) is 0 Å². The minimum atomic E-state index is -1.67. The first-order chi connectivity index (χ1) is 25.6. The van der Waals surface area contributed by atoms with Gasteiger partial charge in [0.25, 0.3) is 0 Å². The van der Waals surface area contributed by atoms with Gasteiger partial charge in [0.15, 0.2) is 5.82 Å². The van der Waals surface area contributed by atoms with Gasteiger partial charge in [-0.3, -0.25) is 0 Å². The van der Waals surface area contributed by atoms with Gasteiger partial charge in [0.2, 0.25) is 0 Å². The van der Waals surface area contributed by atoms with E-state index in [1.807, 2.05) is 18.2 Å². The monoisotopic (exact) mass is 704 g/mol. The highest BCUT2D eigenvalue weighted by molar-refractivity contribution is 6.89. The van der Waals surface area contributed by atoms with E-state index in [1.54, 1.807) is 0 Å². The largest absolute Gasteiger partial charge is 0.228 e. The number of fused-ring (bicyclic) bond motifs is 3. The Hall–Kier alpha value is -4.39. The number of rotatable bonds is 6. The van der Waals surface area contributed by atoms with Gasteiger partial charge in [-0.2, -0.15) is 0 Å². The summed E-state index contributed by atoms with van der Waals surface area (Å²) in [6.07, 6.45) is 0. The number of benzene rings is 5. The average molecular weight is 705 g/mol. The molecule has 1 heterocycles. The number of nitrogens with zero attached hydrogens (tertiary/aromatic N) is 2. The summed E-state index contributed by atoms with van der Waals surface area (Å²) in [5.74, 6) is 0.513. The van der Waals surface area contributed by atoms with Gasteiger partial charge in [0, 0.05) is 22.1 Å². The molecular weight excluding hydrogens is 649 g/mol. The van der Waals surface area contributed by atoms with Crippen LogP contribution in [0.25, 0.3) is 56.2 Å². The van der Waals surface area contributed by atoms with E-state index in [4.69, 9.17) is 11.3 Å². The van der Waals surface area contributed by atoms with Crippen molar-refractivity contribution in [1.29, 1.82) is 0 Å². The molecule has 0 amide bonds. The quantitative estimate of drug-likeness (QED) is 0.161. The zero-order chi connectivity index (χ0) is 40.0. The smallest absolute Gasteiger partial charge is 0.160 e. The fourth-order valence-electron chi connectivity index (χ4n) is 7.13. The molecule has 0 fully saturated rings. The molecule has 51 heavy (non-hydrogen) atoms. The summed E-state index contributed by atoms with van der Waals surface area (Å²) in [5.41, 5.74) is 9.91. The fraction of sp³-hybridized carbons (Fsp3) is 0.277. The topological polar surface area (TPSA) is 25.8 Å². The number of hydrogen-bond donors (Lipinski definition) is 0. The third-order valence-electron chi connectivity index (χ3n) is 10.4. The Bertz CT molecular complexity index is 2440. The van der Waals surface area contributed by atoms with Crippen molar-refractivity contribution in [2.75, 3.05) is 0 Å². The standard InChI is InChI=1S/C47H52N2Si2/c1-46(2,3)36-22-24-42-40(29-36)39-28-32(21-23-41(39)47(42,4)5)31-15-12-16-33(25-31)43-30-44(34-17-13-19-37(26-34)50(6,7)8)49-45(48-43)35-18-14-20-38(27-35)51(9,10)11/h12-30H,1-11H3/i12D,15D,16D,25D. The molecule has 0 saturated carbocycles. The van der Waals surface area contributed by atoms with Crippen LogP contribution >= 0.6 is 0 Å². The van der Waals surface area contributed by atoms with E-state index in [-0.39, 0.29) is 40.6 Å². The SMILES string of the molecule is [2H]c1c([2H])c(-c2ccc3c(c2)-c2cc(C(C)(C)C)ccc2C3(C)C)c([2H])c(-c2cc(-c3cccc([Si](C)(C)C)c3)nc(-c3cccc([Si](C)(C)C)c3)n2)c1[2H]. The van der Waals surface area contributed by atoms with Crippen LogP contribution in [0.1, 0.15) is 56.8 Å². The average Bonchev–Trinajstić information content (AvgIpc) is 3.35. The van der Waals surface area contributed by atoms with Gasteiger partial charge >= 0.3 is 0 Å². The van der Waals surface area contributed by atoms with Crippen molar-refractivity contribution in [1.82, 2.24) is 9.97 Å². The van der Waals surface area contributed by atoms with Gasteiger partial charge in [0.1, 0.15) is 0 Å². The summed E-state index contributed by atoms with van der Waals surface area (Å²) in [6, 6.07) is 31.3. The van der Waals surface area contributed by atoms with Crippen molar-refractivity contribution in [3.63, 3.8) is 0 Å². The Morgan fingerprint density at radius 3 is 1.75 bits per heavy atom. The van der Waals surface area contributed by atoms with Gasteiger partial charge in [-0.15, -0.1) is 0 Å². The summed E-state index contributed by atoms with van der Waals surface area (Å²) < 4.78 is 37.2. The molecule has 2 nitrogen and oxygen atoms in total. The normalized spacial score (nSPS) is 15.0. The first kappa shape index (κ1) is 30.3. The summed E-state index contributed by atoms with van der Waals surface area (Å²) in [5, 5.41) is 2.59. The van der Waals surface area contributed by atoms with Crippen LogP contribution in [0, 0.1) is 0 Å². The predicted molar refractivity (Wildman–Crippen MR) is 226 cm³/mol.